The van der Waals surface area contributed by atoms with Crippen molar-refractivity contribution < 1.29 is 4.42 Å². The number of fused-ring (bicyclic) bond motifs is 1. The number of hydrogen-bond donors (Lipinski definition) is 0. The smallest absolute Gasteiger partial charge is 0.143 e. The second-order valence-electron chi connectivity index (χ2n) is 12.8. The Morgan fingerprint density at radius 3 is 1.47 bits per heavy atom. The average Bonchev–Trinajstić information content (AvgIpc) is 3.57. The Hall–Kier alpha value is -6.44. The summed E-state index contributed by atoms with van der Waals surface area (Å²) in [7, 11) is 0. The van der Waals surface area contributed by atoms with E-state index in [-0.39, 0.29) is 0 Å². The van der Waals surface area contributed by atoms with Crippen LogP contribution in [0.3, 0.4) is 0 Å². The Bertz CT molecular complexity index is 2790. The van der Waals surface area contributed by atoms with Crippen molar-refractivity contribution in [3.63, 3.8) is 0 Å². The summed E-state index contributed by atoms with van der Waals surface area (Å²) in [4.78, 5) is 0. The maximum Gasteiger partial charge on any atom is 0.143 e. The van der Waals surface area contributed by atoms with Gasteiger partial charge in [-0.2, -0.15) is 0 Å². The molecule has 0 saturated heterocycles. The van der Waals surface area contributed by atoms with E-state index in [1.54, 1.807) is 0 Å². The lowest BCUT2D eigenvalue weighted by Crippen LogP contribution is -1.89. The van der Waals surface area contributed by atoms with E-state index in [2.05, 4.69) is 176 Å². The van der Waals surface area contributed by atoms with Crippen molar-refractivity contribution in [2.24, 2.45) is 0 Å². The summed E-state index contributed by atoms with van der Waals surface area (Å²) in [6.07, 6.45) is 0. The third-order valence-electron chi connectivity index (χ3n) is 10.0. The highest BCUT2D eigenvalue weighted by atomic mass is 16.3. The molecule has 0 aliphatic carbocycles. The third-order valence-corrected chi connectivity index (χ3v) is 10.0. The van der Waals surface area contributed by atoms with Crippen molar-refractivity contribution in [2.75, 3.05) is 0 Å². The second kappa shape index (κ2) is 11.1. The Kier molecular flexibility index (Phi) is 6.25. The fourth-order valence-electron chi connectivity index (χ4n) is 7.75. The number of rotatable bonds is 5. The molecule has 0 atom stereocenters. The number of hydrogen-bond acceptors (Lipinski definition) is 1. The van der Waals surface area contributed by atoms with E-state index in [0.717, 1.165) is 39.0 Å². The molecule has 0 aliphatic rings. The van der Waals surface area contributed by atoms with E-state index in [1.807, 2.05) is 6.07 Å². The maximum absolute atomic E-state index is 6.56. The minimum atomic E-state index is 0.888. The van der Waals surface area contributed by atoms with E-state index >= 15 is 0 Å². The van der Waals surface area contributed by atoms with Crippen LogP contribution < -0.4 is 0 Å². The van der Waals surface area contributed by atoms with Crippen LogP contribution in [-0.4, -0.2) is 0 Å². The maximum atomic E-state index is 6.56. The van der Waals surface area contributed by atoms with Crippen molar-refractivity contribution in [2.45, 2.75) is 0 Å². The van der Waals surface area contributed by atoms with Gasteiger partial charge in [-0.15, -0.1) is 0 Å². The molecule has 49 heavy (non-hydrogen) atoms. The molecule has 10 rings (SSSR count). The zero-order valence-electron chi connectivity index (χ0n) is 26.7. The summed E-state index contributed by atoms with van der Waals surface area (Å²) < 4.78 is 6.56. The predicted molar refractivity (Wildman–Crippen MR) is 207 cm³/mol. The number of furan rings is 1. The van der Waals surface area contributed by atoms with Crippen molar-refractivity contribution >= 4 is 43.3 Å². The summed E-state index contributed by atoms with van der Waals surface area (Å²) >= 11 is 0. The highest BCUT2D eigenvalue weighted by Gasteiger charge is 2.19. The fourth-order valence-corrected chi connectivity index (χ4v) is 7.75. The summed E-state index contributed by atoms with van der Waals surface area (Å²) in [5.74, 6) is 0.900. The van der Waals surface area contributed by atoms with E-state index in [9.17, 15) is 0 Å². The Balaban J connectivity index is 1.14. The van der Waals surface area contributed by atoms with Gasteiger partial charge in [0.05, 0.1) is 0 Å². The third kappa shape index (κ3) is 4.47. The van der Waals surface area contributed by atoms with Crippen molar-refractivity contribution in [3.05, 3.63) is 182 Å². The van der Waals surface area contributed by atoms with Crippen LogP contribution in [0.4, 0.5) is 0 Å². The zero-order chi connectivity index (χ0) is 32.3. The molecular formula is C48H30O. The lowest BCUT2D eigenvalue weighted by molar-refractivity contribution is 0.632. The molecule has 0 fully saturated rings. The molecule has 1 nitrogen and oxygen atoms in total. The molecule has 0 bridgehead atoms. The van der Waals surface area contributed by atoms with Gasteiger partial charge in [0, 0.05) is 16.5 Å². The second-order valence-corrected chi connectivity index (χ2v) is 12.8. The van der Waals surface area contributed by atoms with Gasteiger partial charge in [0.15, 0.2) is 0 Å². The summed E-state index contributed by atoms with van der Waals surface area (Å²) in [6, 6.07) is 65.6. The average molecular weight is 623 g/mol. The summed E-state index contributed by atoms with van der Waals surface area (Å²) in [5, 5.41) is 8.90. The normalized spacial score (nSPS) is 11.7. The molecule has 0 amide bonds. The van der Waals surface area contributed by atoms with Gasteiger partial charge in [-0.25, -0.2) is 0 Å². The minimum Gasteiger partial charge on any atom is -0.455 e. The van der Waals surface area contributed by atoms with Gasteiger partial charge in [-0.3, -0.25) is 0 Å². The van der Waals surface area contributed by atoms with E-state index in [0.29, 0.717) is 0 Å². The van der Waals surface area contributed by atoms with Gasteiger partial charge in [-0.1, -0.05) is 164 Å². The van der Waals surface area contributed by atoms with Crippen LogP contribution in [0.15, 0.2) is 186 Å². The molecule has 0 spiro atoms. The van der Waals surface area contributed by atoms with Crippen LogP contribution in [0, 0.1) is 0 Å². The van der Waals surface area contributed by atoms with Gasteiger partial charge >= 0.3 is 0 Å². The quantitative estimate of drug-likeness (QED) is 0.174. The molecule has 1 heterocycles. The molecule has 0 saturated carbocycles. The van der Waals surface area contributed by atoms with Crippen LogP contribution in [0.1, 0.15) is 0 Å². The highest BCUT2D eigenvalue weighted by Crippen LogP contribution is 2.44. The van der Waals surface area contributed by atoms with Gasteiger partial charge in [0.1, 0.15) is 11.3 Å². The summed E-state index contributed by atoms with van der Waals surface area (Å²) in [5.41, 5.74) is 11.6. The molecule has 0 radical (unpaired) electrons. The molecule has 10 aromatic rings. The SMILES string of the molecule is c1ccc(-c2oc3ccc(-c4cccc(-c5ccc6ccc7c(-c8ccccc8)ccc8ccc5c6c87)c4)cc3c2-c2ccccc2)cc1. The highest BCUT2D eigenvalue weighted by molar-refractivity contribution is 6.27. The first-order valence-electron chi connectivity index (χ1n) is 16.8. The van der Waals surface area contributed by atoms with Gasteiger partial charge in [-0.05, 0) is 89.5 Å². The van der Waals surface area contributed by atoms with E-state index in [4.69, 9.17) is 4.42 Å². The van der Waals surface area contributed by atoms with Crippen LogP contribution in [0.5, 0.6) is 0 Å². The van der Waals surface area contributed by atoms with Crippen LogP contribution in [0.25, 0.3) is 99.1 Å². The molecule has 1 aromatic heterocycles. The molecular weight excluding hydrogens is 593 g/mol. The standard InChI is InChI=1S/C48H30O/c1-4-11-31(12-5-1)39-24-19-33-22-27-42-40(25-20-34-21-26-41(39)45(33)46(34)42)38-18-10-17-36(29-38)37-23-28-44-43(30-37)47(32-13-6-2-7-14-32)48(49-44)35-15-8-3-9-16-35/h1-30H. The molecule has 1 heteroatoms. The molecule has 0 aliphatic heterocycles. The van der Waals surface area contributed by atoms with E-state index < -0.39 is 0 Å². The lowest BCUT2D eigenvalue weighted by atomic mass is 9.87. The van der Waals surface area contributed by atoms with Gasteiger partial charge in [0.2, 0.25) is 0 Å². The monoisotopic (exact) mass is 622 g/mol. The van der Waals surface area contributed by atoms with Crippen molar-refractivity contribution in [1.82, 2.24) is 0 Å². The Morgan fingerprint density at radius 2 is 0.816 bits per heavy atom. The predicted octanol–water partition coefficient (Wildman–Crippen LogP) is 13.7. The minimum absolute atomic E-state index is 0.888. The molecule has 0 unspecified atom stereocenters. The topological polar surface area (TPSA) is 13.1 Å². The van der Waals surface area contributed by atoms with Crippen LogP contribution in [-0.2, 0) is 0 Å². The zero-order valence-corrected chi connectivity index (χ0v) is 26.7. The molecule has 9 aromatic carbocycles. The van der Waals surface area contributed by atoms with Crippen LogP contribution in [0.2, 0.25) is 0 Å². The van der Waals surface area contributed by atoms with Gasteiger partial charge in [0.25, 0.3) is 0 Å². The molecule has 0 N–H and O–H groups in total. The Labute approximate surface area is 284 Å². The van der Waals surface area contributed by atoms with Crippen molar-refractivity contribution in [1.29, 1.82) is 0 Å². The van der Waals surface area contributed by atoms with Gasteiger partial charge < -0.3 is 4.42 Å². The molecule has 228 valence electrons. The Morgan fingerprint density at radius 1 is 0.306 bits per heavy atom. The van der Waals surface area contributed by atoms with E-state index in [1.165, 1.54) is 60.1 Å². The lowest BCUT2D eigenvalue weighted by Gasteiger charge is -2.17. The first-order valence-corrected chi connectivity index (χ1v) is 16.8. The first-order chi connectivity index (χ1) is 24.3. The fraction of sp³-hybridized carbons (Fsp3) is 0. The van der Waals surface area contributed by atoms with Crippen LogP contribution >= 0.6 is 0 Å². The number of benzene rings is 9. The first kappa shape index (κ1) is 27.7. The largest absolute Gasteiger partial charge is 0.455 e. The summed E-state index contributed by atoms with van der Waals surface area (Å²) in [6.45, 7) is 0. The van der Waals surface area contributed by atoms with Crippen molar-refractivity contribution in [3.8, 4) is 55.8 Å².